The maximum Gasteiger partial charge on any atom is 0.246 e. The van der Waals surface area contributed by atoms with E-state index in [0.29, 0.717) is 24.3 Å². The van der Waals surface area contributed by atoms with Crippen molar-refractivity contribution < 1.29 is 9.59 Å². The van der Waals surface area contributed by atoms with E-state index < -0.39 is 0 Å². The molecule has 1 fully saturated rings. The highest BCUT2D eigenvalue weighted by atomic mass is 32.1. The van der Waals surface area contributed by atoms with Crippen LogP contribution in [0.3, 0.4) is 0 Å². The number of carbonyl (C=O) groups excluding carboxylic acids is 2. The Morgan fingerprint density at radius 1 is 1.47 bits per heavy atom. The van der Waals surface area contributed by atoms with Crippen molar-refractivity contribution in [3.05, 3.63) is 0 Å². The van der Waals surface area contributed by atoms with Crippen LogP contribution in [0.5, 0.6) is 0 Å². The highest BCUT2D eigenvalue weighted by molar-refractivity contribution is 7.80. The average Bonchev–Trinajstić information content (AvgIpc) is 2.50. The van der Waals surface area contributed by atoms with Gasteiger partial charge in [0.2, 0.25) is 11.8 Å². The van der Waals surface area contributed by atoms with Crippen molar-refractivity contribution in [2.45, 2.75) is 45.4 Å². The summed E-state index contributed by atoms with van der Waals surface area (Å²) in [7, 11) is 0. The zero-order chi connectivity index (χ0) is 11.3. The van der Waals surface area contributed by atoms with E-state index in [4.69, 9.17) is 12.2 Å². The van der Waals surface area contributed by atoms with Crippen LogP contribution in [0.2, 0.25) is 0 Å². The zero-order valence-corrected chi connectivity index (χ0v) is 9.73. The second-order valence-electron chi connectivity index (χ2n) is 3.61. The summed E-state index contributed by atoms with van der Waals surface area (Å²) in [5, 5.41) is 1.21. The molecule has 0 aromatic rings. The SMILES string of the molecule is CCCCCC(=O)NN1C(=O)CCC1=S. The second kappa shape index (κ2) is 5.80. The molecule has 15 heavy (non-hydrogen) atoms. The van der Waals surface area contributed by atoms with E-state index in [-0.39, 0.29) is 11.8 Å². The first kappa shape index (κ1) is 12.1. The molecule has 0 aliphatic carbocycles. The van der Waals surface area contributed by atoms with Crippen LogP contribution in [0, 0.1) is 0 Å². The van der Waals surface area contributed by atoms with E-state index in [1.807, 2.05) is 0 Å². The summed E-state index contributed by atoms with van der Waals surface area (Å²) in [4.78, 5) is 23.2. The lowest BCUT2D eigenvalue weighted by atomic mass is 10.2. The molecule has 1 heterocycles. The van der Waals surface area contributed by atoms with Crippen LogP contribution >= 0.6 is 12.2 Å². The largest absolute Gasteiger partial charge is 0.273 e. The van der Waals surface area contributed by atoms with E-state index >= 15 is 0 Å². The summed E-state index contributed by atoms with van der Waals surface area (Å²) in [5.74, 6) is -0.232. The monoisotopic (exact) mass is 228 g/mol. The summed E-state index contributed by atoms with van der Waals surface area (Å²) in [6.07, 6.45) is 4.41. The third-order valence-corrected chi connectivity index (χ3v) is 2.68. The van der Waals surface area contributed by atoms with Gasteiger partial charge < -0.3 is 0 Å². The number of thiocarbonyl (C=S) groups is 1. The Kier molecular flexibility index (Phi) is 4.68. The Hall–Kier alpha value is -0.970. The normalized spacial score (nSPS) is 15.9. The van der Waals surface area contributed by atoms with E-state index in [1.54, 1.807) is 0 Å². The van der Waals surface area contributed by atoms with Crippen molar-refractivity contribution in [2.75, 3.05) is 0 Å². The molecule has 0 aromatic heterocycles. The molecule has 84 valence electrons. The van der Waals surface area contributed by atoms with Crippen molar-refractivity contribution in [1.29, 1.82) is 0 Å². The van der Waals surface area contributed by atoms with Gasteiger partial charge in [-0.3, -0.25) is 15.0 Å². The molecule has 1 N–H and O–H groups in total. The van der Waals surface area contributed by atoms with Crippen molar-refractivity contribution >= 4 is 29.0 Å². The number of rotatable bonds is 5. The Balaban J connectivity index is 2.31. The number of unbranched alkanes of at least 4 members (excludes halogenated alkanes) is 2. The van der Waals surface area contributed by atoms with Gasteiger partial charge in [-0.15, -0.1) is 0 Å². The highest BCUT2D eigenvalue weighted by Crippen LogP contribution is 2.11. The summed E-state index contributed by atoms with van der Waals surface area (Å²) < 4.78 is 0. The van der Waals surface area contributed by atoms with Gasteiger partial charge >= 0.3 is 0 Å². The van der Waals surface area contributed by atoms with E-state index in [9.17, 15) is 9.59 Å². The smallest absolute Gasteiger partial charge is 0.246 e. The fraction of sp³-hybridized carbons (Fsp3) is 0.700. The molecule has 0 unspecified atom stereocenters. The standard InChI is InChI=1S/C10H16N2O2S/c1-2-3-4-5-8(13)11-12-9(14)6-7-10(12)15/h2-7H2,1H3,(H,11,13). The minimum atomic E-state index is -0.124. The van der Waals surface area contributed by atoms with Gasteiger partial charge in [-0.05, 0) is 6.42 Å². The predicted molar refractivity (Wildman–Crippen MR) is 61.0 cm³/mol. The van der Waals surface area contributed by atoms with Gasteiger partial charge in [-0.25, -0.2) is 5.01 Å². The van der Waals surface area contributed by atoms with Crippen LogP contribution in [-0.4, -0.2) is 21.8 Å². The van der Waals surface area contributed by atoms with Crippen LogP contribution in [0.15, 0.2) is 0 Å². The van der Waals surface area contributed by atoms with Crippen molar-refractivity contribution in [2.24, 2.45) is 0 Å². The second-order valence-corrected chi connectivity index (χ2v) is 4.09. The summed E-state index contributed by atoms with van der Waals surface area (Å²) >= 11 is 4.96. The van der Waals surface area contributed by atoms with Crippen molar-refractivity contribution in [3.8, 4) is 0 Å². The van der Waals surface area contributed by atoms with Gasteiger partial charge in [0.05, 0.1) is 0 Å². The minimum Gasteiger partial charge on any atom is -0.273 e. The number of amides is 2. The molecule has 1 rings (SSSR count). The number of hydrazine groups is 1. The number of hydrogen-bond donors (Lipinski definition) is 1. The minimum absolute atomic E-state index is 0.108. The zero-order valence-electron chi connectivity index (χ0n) is 8.91. The molecule has 0 spiro atoms. The van der Waals surface area contributed by atoms with Crippen LogP contribution < -0.4 is 5.43 Å². The lowest BCUT2D eigenvalue weighted by Crippen LogP contribution is -2.44. The molecule has 2 amide bonds. The average molecular weight is 228 g/mol. The van der Waals surface area contributed by atoms with E-state index in [0.717, 1.165) is 19.3 Å². The first-order chi connectivity index (χ1) is 7.15. The van der Waals surface area contributed by atoms with Gasteiger partial charge in [0.1, 0.15) is 4.99 Å². The third kappa shape index (κ3) is 3.58. The molecule has 1 saturated heterocycles. The first-order valence-electron chi connectivity index (χ1n) is 5.30. The summed E-state index contributed by atoms with van der Waals surface area (Å²) in [6, 6.07) is 0. The third-order valence-electron chi connectivity index (χ3n) is 2.30. The fourth-order valence-corrected chi connectivity index (χ4v) is 1.67. The molecule has 4 nitrogen and oxygen atoms in total. The molecule has 0 saturated carbocycles. The Morgan fingerprint density at radius 3 is 2.73 bits per heavy atom. The fourth-order valence-electron chi connectivity index (χ4n) is 1.42. The Labute approximate surface area is 95.0 Å². The molecule has 0 bridgehead atoms. The number of hydrogen-bond acceptors (Lipinski definition) is 3. The van der Waals surface area contributed by atoms with Crippen molar-refractivity contribution in [1.82, 2.24) is 10.4 Å². The van der Waals surface area contributed by atoms with Gasteiger partial charge in [-0.1, -0.05) is 32.0 Å². The van der Waals surface area contributed by atoms with Crippen LogP contribution in [0.4, 0.5) is 0 Å². The van der Waals surface area contributed by atoms with Crippen LogP contribution in [0.1, 0.15) is 45.4 Å². The molecular formula is C10H16N2O2S. The highest BCUT2D eigenvalue weighted by Gasteiger charge is 2.26. The lowest BCUT2D eigenvalue weighted by Gasteiger charge is -2.16. The molecule has 5 heteroatoms. The van der Waals surface area contributed by atoms with Gasteiger partial charge in [0.25, 0.3) is 0 Å². The summed E-state index contributed by atoms with van der Waals surface area (Å²) in [5.41, 5.74) is 2.54. The number of carbonyl (C=O) groups is 2. The van der Waals surface area contributed by atoms with E-state index in [2.05, 4.69) is 12.3 Å². The molecule has 0 atom stereocenters. The Morgan fingerprint density at radius 2 is 2.20 bits per heavy atom. The lowest BCUT2D eigenvalue weighted by molar-refractivity contribution is -0.135. The molecule has 0 aromatic carbocycles. The molecular weight excluding hydrogens is 212 g/mol. The first-order valence-corrected chi connectivity index (χ1v) is 5.71. The Bertz CT molecular complexity index is 263. The van der Waals surface area contributed by atoms with Crippen LogP contribution in [0.25, 0.3) is 0 Å². The summed E-state index contributed by atoms with van der Waals surface area (Å²) in [6.45, 7) is 2.08. The maximum atomic E-state index is 11.4. The quantitative estimate of drug-likeness (QED) is 0.573. The number of nitrogens with one attached hydrogen (secondary N) is 1. The van der Waals surface area contributed by atoms with Crippen molar-refractivity contribution in [3.63, 3.8) is 0 Å². The van der Waals surface area contributed by atoms with Crippen LogP contribution in [-0.2, 0) is 9.59 Å². The van der Waals surface area contributed by atoms with E-state index in [1.165, 1.54) is 5.01 Å². The van der Waals surface area contributed by atoms with Gasteiger partial charge in [0, 0.05) is 19.3 Å². The number of nitrogens with zero attached hydrogens (tertiary/aromatic N) is 1. The van der Waals surface area contributed by atoms with Gasteiger partial charge in [-0.2, -0.15) is 0 Å². The molecule has 1 aliphatic rings. The van der Waals surface area contributed by atoms with Gasteiger partial charge in [0.15, 0.2) is 0 Å². The molecule has 0 radical (unpaired) electrons. The topological polar surface area (TPSA) is 49.4 Å². The maximum absolute atomic E-state index is 11.4. The molecule has 1 aliphatic heterocycles. The predicted octanol–water partition coefficient (Wildman–Crippen LogP) is 1.55.